The molecule has 0 saturated heterocycles. The number of hydrogen-bond acceptors (Lipinski definition) is 5. The number of carbonyl (C=O) groups is 1. The fourth-order valence-electron chi connectivity index (χ4n) is 3.34. The fraction of sp³-hybridized carbons (Fsp3) is 0.174. The van der Waals surface area contributed by atoms with Gasteiger partial charge in [-0.1, -0.05) is 17.7 Å². The number of carbonyl (C=O) groups excluding carboxylic acids is 1. The molecule has 1 heterocycles. The van der Waals surface area contributed by atoms with Gasteiger partial charge in [-0.25, -0.2) is 8.42 Å². The van der Waals surface area contributed by atoms with Crippen molar-refractivity contribution < 1.29 is 22.7 Å². The highest BCUT2D eigenvalue weighted by Gasteiger charge is 2.29. The Kier molecular flexibility index (Phi) is 5.75. The number of nitrogens with one attached hydrogen (secondary N) is 1. The second kappa shape index (κ2) is 8.37. The summed E-state index contributed by atoms with van der Waals surface area (Å²) in [7, 11) is -2.65. The molecule has 1 amide bonds. The number of aryl methyl sites for hydroxylation is 1. The predicted octanol–water partition coefficient (Wildman–Crippen LogP) is 5.23. The normalized spacial score (nSPS) is 12.7. The molecule has 0 fully saturated rings. The maximum Gasteiger partial charge on any atom is 0.265 e. The average Bonchev–Trinajstić information content (AvgIpc) is 2.88. The van der Waals surface area contributed by atoms with Crippen molar-refractivity contribution in [3.05, 3.63) is 70.7 Å². The molecule has 3 aromatic carbocycles. The van der Waals surface area contributed by atoms with Crippen molar-refractivity contribution in [1.82, 2.24) is 0 Å². The van der Waals surface area contributed by atoms with Crippen LogP contribution in [0.3, 0.4) is 0 Å². The van der Waals surface area contributed by atoms with Gasteiger partial charge in [0.1, 0.15) is 16.4 Å². The Morgan fingerprint density at radius 2 is 1.78 bits per heavy atom. The van der Waals surface area contributed by atoms with Crippen LogP contribution in [-0.2, 0) is 10.0 Å². The SMILES string of the molecule is CCOc1ccc(N(C)S(=O)(=O)c2cc3c(cc2Cl)Oc2ccc(C)cc2NC3=O)cc1. The van der Waals surface area contributed by atoms with E-state index in [1.54, 1.807) is 36.4 Å². The number of halogens is 1. The second-order valence-corrected chi connectivity index (χ2v) is 9.58. The first-order valence-corrected chi connectivity index (χ1v) is 11.7. The van der Waals surface area contributed by atoms with Crippen molar-refractivity contribution in [2.75, 3.05) is 23.3 Å². The number of anilines is 2. The molecular weight excluding hydrogens is 452 g/mol. The molecule has 0 saturated carbocycles. The zero-order chi connectivity index (χ0) is 23.0. The van der Waals surface area contributed by atoms with E-state index in [1.807, 2.05) is 19.9 Å². The van der Waals surface area contributed by atoms with Gasteiger partial charge in [0.15, 0.2) is 5.75 Å². The van der Waals surface area contributed by atoms with Crippen LogP contribution in [0.1, 0.15) is 22.8 Å². The minimum absolute atomic E-state index is 0.0510. The number of nitrogens with zero attached hydrogens (tertiary/aromatic N) is 1. The maximum atomic E-state index is 13.3. The standard InChI is InChI=1S/C23H21ClN2O5S/c1-4-30-16-8-6-15(7-9-16)26(3)32(28,29)22-12-17-21(13-18(22)24)31-20-10-5-14(2)11-19(20)25-23(17)27/h5-13H,4H2,1-3H3,(H,25,27). The van der Waals surface area contributed by atoms with E-state index in [0.29, 0.717) is 29.5 Å². The van der Waals surface area contributed by atoms with Gasteiger partial charge in [0.2, 0.25) is 0 Å². The molecule has 0 atom stereocenters. The fourth-order valence-corrected chi connectivity index (χ4v) is 5.05. The molecular formula is C23H21ClN2O5S. The number of ether oxygens (including phenoxy) is 2. The molecule has 32 heavy (non-hydrogen) atoms. The number of hydrogen-bond donors (Lipinski definition) is 1. The third-order valence-electron chi connectivity index (χ3n) is 5.03. The number of fused-ring (bicyclic) bond motifs is 2. The van der Waals surface area contributed by atoms with Gasteiger partial charge in [-0.3, -0.25) is 9.10 Å². The number of benzene rings is 3. The lowest BCUT2D eigenvalue weighted by Crippen LogP contribution is -2.27. The van der Waals surface area contributed by atoms with Crippen molar-refractivity contribution in [3.63, 3.8) is 0 Å². The molecule has 0 aromatic heterocycles. The van der Waals surface area contributed by atoms with Crippen LogP contribution in [0, 0.1) is 6.92 Å². The monoisotopic (exact) mass is 472 g/mol. The summed E-state index contributed by atoms with van der Waals surface area (Å²) in [4.78, 5) is 12.7. The largest absolute Gasteiger partial charge is 0.494 e. The Morgan fingerprint density at radius 3 is 2.47 bits per heavy atom. The van der Waals surface area contributed by atoms with Crippen molar-refractivity contribution in [3.8, 4) is 17.2 Å². The highest BCUT2D eigenvalue weighted by molar-refractivity contribution is 7.93. The highest BCUT2D eigenvalue weighted by Crippen LogP contribution is 2.40. The molecule has 4 rings (SSSR count). The van der Waals surface area contributed by atoms with Gasteiger partial charge in [0.05, 0.1) is 28.6 Å². The first-order valence-electron chi connectivity index (χ1n) is 9.86. The Labute approximate surface area is 191 Å². The maximum absolute atomic E-state index is 13.3. The number of amides is 1. The van der Waals surface area contributed by atoms with Gasteiger partial charge < -0.3 is 14.8 Å². The molecule has 0 unspecified atom stereocenters. The summed E-state index contributed by atoms with van der Waals surface area (Å²) >= 11 is 6.36. The van der Waals surface area contributed by atoms with Crippen LogP contribution in [0.25, 0.3) is 0 Å². The molecule has 0 aliphatic carbocycles. The Bertz CT molecular complexity index is 1310. The summed E-state index contributed by atoms with van der Waals surface area (Å²) in [5.41, 5.74) is 1.93. The van der Waals surface area contributed by atoms with E-state index >= 15 is 0 Å². The van der Waals surface area contributed by atoms with E-state index in [1.165, 1.54) is 19.2 Å². The van der Waals surface area contributed by atoms with Gasteiger partial charge >= 0.3 is 0 Å². The highest BCUT2D eigenvalue weighted by atomic mass is 35.5. The van der Waals surface area contributed by atoms with Gasteiger partial charge in [-0.05, 0) is 61.9 Å². The Balaban J connectivity index is 1.73. The number of rotatable bonds is 5. The van der Waals surface area contributed by atoms with Crippen LogP contribution < -0.4 is 19.1 Å². The molecule has 0 spiro atoms. The zero-order valence-electron chi connectivity index (χ0n) is 17.7. The van der Waals surface area contributed by atoms with Crippen molar-refractivity contribution >= 4 is 38.9 Å². The summed E-state index contributed by atoms with van der Waals surface area (Å²) < 4.78 is 39.1. The van der Waals surface area contributed by atoms with Crippen LogP contribution in [0.4, 0.5) is 11.4 Å². The first-order chi connectivity index (χ1) is 15.2. The van der Waals surface area contributed by atoms with Crippen LogP contribution in [0.15, 0.2) is 59.5 Å². The van der Waals surface area contributed by atoms with E-state index in [4.69, 9.17) is 21.1 Å². The lowest BCUT2D eigenvalue weighted by atomic mass is 10.2. The molecule has 3 aromatic rings. The average molecular weight is 473 g/mol. The van der Waals surface area contributed by atoms with E-state index < -0.39 is 15.9 Å². The summed E-state index contributed by atoms with van der Waals surface area (Å²) in [5.74, 6) is 0.772. The molecule has 0 bridgehead atoms. The number of sulfonamides is 1. The van der Waals surface area contributed by atoms with E-state index in [9.17, 15) is 13.2 Å². The Morgan fingerprint density at radius 1 is 1.06 bits per heavy atom. The minimum atomic E-state index is -4.07. The van der Waals surface area contributed by atoms with Crippen LogP contribution >= 0.6 is 11.6 Å². The molecule has 1 aliphatic rings. The van der Waals surface area contributed by atoms with Crippen molar-refractivity contribution in [2.24, 2.45) is 0 Å². The Hall–Kier alpha value is -3.23. The van der Waals surface area contributed by atoms with Crippen molar-refractivity contribution in [1.29, 1.82) is 0 Å². The zero-order valence-corrected chi connectivity index (χ0v) is 19.3. The van der Waals surface area contributed by atoms with Gasteiger partial charge in [-0.15, -0.1) is 0 Å². The molecule has 166 valence electrons. The predicted molar refractivity (Wildman–Crippen MR) is 124 cm³/mol. The van der Waals surface area contributed by atoms with Gasteiger partial charge in [0.25, 0.3) is 15.9 Å². The third-order valence-corrected chi connectivity index (χ3v) is 7.28. The summed E-state index contributed by atoms with van der Waals surface area (Å²) in [6.07, 6.45) is 0. The summed E-state index contributed by atoms with van der Waals surface area (Å²) in [6, 6.07) is 14.6. The third kappa shape index (κ3) is 3.99. The quantitative estimate of drug-likeness (QED) is 0.549. The lowest BCUT2D eigenvalue weighted by molar-refractivity contribution is 0.102. The lowest BCUT2D eigenvalue weighted by Gasteiger charge is -2.21. The minimum Gasteiger partial charge on any atom is -0.494 e. The second-order valence-electron chi connectivity index (χ2n) is 7.23. The van der Waals surface area contributed by atoms with Gasteiger partial charge in [-0.2, -0.15) is 0 Å². The van der Waals surface area contributed by atoms with E-state index in [0.717, 1.165) is 9.87 Å². The van der Waals surface area contributed by atoms with E-state index in [-0.39, 0.29) is 21.2 Å². The first kappa shape index (κ1) is 22.0. The molecule has 9 heteroatoms. The molecule has 1 N–H and O–H groups in total. The van der Waals surface area contributed by atoms with Gasteiger partial charge in [0, 0.05) is 13.1 Å². The smallest absolute Gasteiger partial charge is 0.265 e. The molecule has 0 radical (unpaired) electrons. The van der Waals surface area contributed by atoms with E-state index in [2.05, 4.69) is 5.32 Å². The molecule has 1 aliphatic heterocycles. The van der Waals surface area contributed by atoms with Crippen LogP contribution in [0.5, 0.6) is 17.2 Å². The van der Waals surface area contributed by atoms with Crippen LogP contribution in [-0.4, -0.2) is 28.0 Å². The topological polar surface area (TPSA) is 84.9 Å². The summed E-state index contributed by atoms with van der Waals surface area (Å²) in [6.45, 7) is 4.26. The van der Waals surface area contributed by atoms with Crippen LogP contribution in [0.2, 0.25) is 5.02 Å². The molecule has 7 nitrogen and oxygen atoms in total. The summed E-state index contributed by atoms with van der Waals surface area (Å²) in [5, 5.41) is 2.72. The van der Waals surface area contributed by atoms with Crippen molar-refractivity contribution in [2.45, 2.75) is 18.7 Å².